The summed E-state index contributed by atoms with van der Waals surface area (Å²) in [5.41, 5.74) is 3.41. The van der Waals surface area contributed by atoms with E-state index >= 15 is 0 Å². The lowest BCUT2D eigenvalue weighted by atomic mass is 9.80. The summed E-state index contributed by atoms with van der Waals surface area (Å²) in [7, 11) is 0. The van der Waals surface area contributed by atoms with Gasteiger partial charge in [0.1, 0.15) is 0 Å². The van der Waals surface area contributed by atoms with E-state index in [0.29, 0.717) is 5.92 Å². The fourth-order valence-corrected chi connectivity index (χ4v) is 3.22. The summed E-state index contributed by atoms with van der Waals surface area (Å²) in [6.45, 7) is 4.13. The Hall–Kier alpha value is -1.31. The van der Waals surface area contributed by atoms with Crippen LogP contribution in [0.5, 0.6) is 0 Å². The van der Waals surface area contributed by atoms with Crippen molar-refractivity contribution in [3.8, 4) is 0 Å². The van der Waals surface area contributed by atoms with Crippen LogP contribution in [0.3, 0.4) is 0 Å². The van der Waals surface area contributed by atoms with Gasteiger partial charge in [0, 0.05) is 0 Å². The van der Waals surface area contributed by atoms with Gasteiger partial charge >= 0.3 is 5.97 Å². The molecular weight excluding hydrogens is 236 g/mol. The van der Waals surface area contributed by atoms with E-state index in [2.05, 4.69) is 26.0 Å². The maximum atomic E-state index is 11.7. The van der Waals surface area contributed by atoms with Crippen molar-refractivity contribution in [1.29, 1.82) is 0 Å². The molecule has 1 atom stereocenters. The summed E-state index contributed by atoms with van der Waals surface area (Å²) in [6.07, 6.45) is 7.00. The van der Waals surface area contributed by atoms with E-state index in [0.717, 1.165) is 18.4 Å². The number of rotatable bonds is 3. The fraction of sp³-hybridized carbons (Fsp3) is 0.588. The van der Waals surface area contributed by atoms with Crippen molar-refractivity contribution in [3.05, 3.63) is 34.9 Å². The molecule has 0 bridgehead atoms. The minimum absolute atomic E-state index is 0.308. The monoisotopic (exact) mass is 260 g/mol. The highest BCUT2D eigenvalue weighted by atomic mass is 16.4. The lowest BCUT2D eigenvalue weighted by Crippen LogP contribution is -2.21. The maximum absolute atomic E-state index is 11.7. The first-order valence-electron chi connectivity index (χ1n) is 7.39. The highest BCUT2D eigenvalue weighted by Gasteiger charge is 2.30. The molecule has 1 aliphatic rings. The van der Waals surface area contributed by atoms with E-state index in [1.807, 2.05) is 6.07 Å². The fourth-order valence-electron chi connectivity index (χ4n) is 3.22. The van der Waals surface area contributed by atoms with Crippen LogP contribution < -0.4 is 0 Å². The molecule has 0 spiro atoms. The average molecular weight is 260 g/mol. The molecule has 1 aliphatic carbocycles. The second-order valence-electron chi connectivity index (χ2n) is 5.91. The number of carbonyl (C=O) groups is 1. The van der Waals surface area contributed by atoms with Crippen LogP contribution in [0.15, 0.2) is 18.2 Å². The van der Waals surface area contributed by atoms with Crippen LogP contribution in [-0.2, 0) is 4.79 Å². The van der Waals surface area contributed by atoms with Crippen molar-refractivity contribution < 1.29 is 9.90 Å². The number of aryl methyl sites for hydroxylation is 2. The third kappa shape index (κ3) is 3.37. The molecule has 2 rings (SSSR count). The number of hydrogen-bond acceptors (Lipinski definition) is 1. The van der Waals surface area contributed by atoms with Crippen LogP contribution in [-0.4, -0.2) is 11.1 Å². The third-order valence-electron chi connectivity index (χ3n) is 4.53. The van der Waals surface area contributed by atoms with Crippen molar-refractivity contribution in [1.82, 2.24) is 0 Å². The number of carboxylic acid groups (broad SMARTS) is 1. The van der Waals surface area contributed by atoms with Gasteiger partial charge in [-0.3, -0.25) is 4.79 Å². The van der Waals surface area contributed by atoms with E-state index in [9.17, 15) is 9.90 Å². The lowest BCUT2D eigenvalue weighted by molar-refractivity contribution is -0.140. The molecule has 1 aromatic rings. The van der Waals surface area contributed by atoms with E-state index < -0.39 is 5.97 Å². The topological polar surface area (TPSA) is 37.3 Å². The molecule has 2 heteroatoms. The van der Waals surface area contributed by atoms with Crippen LogP contribution in [0.1, 0.15) is 61.1 Å². The zero-order chi connectivity index (χ0) is 13.8. The molecule has 0 amide bonds. The van der Waals surface area contributed by atoms with E-state index in [-0.39, 0.29) is 5.92 Å². The van der Waals surface area contributed by atoms with E-state index in [1.54, 1.807) is 0 Å². The Morgan fingerprint density at radius 1 is 1.11 bits per heavy atom. The average Bonchev–Trinajstić information content (AvgIpc) is 2.62. The maximum Gasteiger partial charge on any atom is 0.311 e. The third-order valence-corrected chi connectivity index (χ3v) is 4.53. The van der Waals surface area contributed by atoms with Gasteiger partial charge < -0.3 is 5.11 Å². The lowest BCUT2D eigenvalue weighted by Gasteiger charge is -2.23. The predicted octanol–water partition coefficient (Wildman–Crippen LogP) is 4.44. The Morgan fingerprint density at radius 3 is 2.26 bits per heavy atom. The number of carboxylic acids is 1. The van der Waals surface area contributed by atoms with Gasteiger partial charge in [-0.1, -0.05) is 43.9 Å². The Bertz CT molecular complexity index is 443. The molecule has 1 fully saturated rings. The smallest absolute Gasteiger partial charge is 0.311 e. The van der Waals surface area contributed by atoms with Crippen LogP contribution >= 0.6 is 0 Å². The summed E-state index contributed by atoms with van der Waals surface area (Å²) in [6, 6.07) is 6.13. The highest BCUT2D eigenvalue weighted by molar-refractivity contribution is 5.76. The summed E-state index contributed by atoms with van der Waals surface area (Å²) in [5, 5.41) is 9.63. The molecule has 0 aromatic heterocycles. The predicted molar refractivity (Wildman–Crippen MR) is 77.5 cm³/mol. The minimum Gasteiger partial charge on any atom is -0.481 e. The molecule has 1 N–H and O–H groups in total. The van der Waals surface area contributed by atoms with Gasteiger partial charge in [-0.15, -0.1) is 0 Å². The molecule has 0 aliphatic heterocycles. The van der Waals surface area contributed by atoms with Gasteiger partial charge in [0.15, 0.2) is 0 Å². The molecule has 104 valence electrons. The van der Waals surface area contributed by atoms with Crippen LogP contribution in [0.25, 0.3) is 0 Å². The quantitative estimate of drug-likeness (QED) is 0.816. The summed E-state index contributed by atoms with van der Waals surface area (Å²) in [5.74, 6) is -0.672. The number of aliphatic carboxylic acids is 1. The van der Waals surface area contributed by atoms with Crippen molar-refractivity contribution >= 4 is 5.97 Å². The summed E-state index contributed by atoms with van der Waals surface area (Å²) in [4.78, 5) is 11.7. The zero-order valence-corrected chi connectivity index (χ0v) is 12.0. The van der Waals surface area contributed by atoms with Gasteiger partial charge in [-0.05, 0) is 49.3 Å². The summed E-state index contributed by atoms with van der Waals surface area (Å²) >= 11 is 0. The van der Waals surface area contributed by atoms with E-state index in [4.69, 9.17) is 0 Å². The Morgan fingerprint density at radius 2 is 1.74 bits per heavy atom. The molecule has 2 nitrogen and oxygen atoms in total. The van der Waals surface area contributed by atoms with Crippen molar-refractivity contribution in [3.63, 3.8) is 0 Å². The normalized spacial score (nSPS) is 18.8. The molecule has 1 aromatic carbocycles. The molecule has 0 heterocycles. The molecule has 1 saturated carbocycles. The SMILES string of the molecule is Cc1ccc(C(C(=O)O)C2CCCCCC2)cc1C. The first-order chi connectivity index (χ1) is 9.09. The Labute approximate surface area is 115 Å². The number of hydrogen-bond donors (Lipinski definition) is 1. The van der Waals surface area contributed by atoms with Crippen LogP contribution in [0, 0.1) is 19.8 Å². The highest BCUT2D eigenvalue weighted by Crippen LogP contribution is 2.36. The minimum atomic E-state index is -0.657. The van der Waals surface area contributed by atoms with Gasteiger partial charge in [0.25, 0.3) is 0 Å². The van der Waals surface area contributed by atoms with Gasteiger partial charge in [-0.2, -0.15) is 0 Å². The van der Waals surface area contributed by atoms with Gasteiger partial charge in [-0.25, -0.2) is 0 Å². The van der Waals surface area contributed by atoms with Gasteiger partial charge in [0.2, 0.25) is 0 Å². The van der Waals surface area contributed by atoms with Crippen LogP contribution in [0.4, 0.5) is 0 Å². The zero-order valence-electron chi connectivity index (χ0n) is 12.0. The largest absolute Gasteiger partial charge is 0.481 e. The molecule has 1 unspecified atom stereocenters. The second kappa shape index (κ2) is 6.23. The summed E-state index contributed by atoms with van der Waals surface area (Å²) < 4.78 is 0. The van der Waals surface area contributed by atoms with E-state index in [1.165, 1.54) is 36.8 Å². The number of benzene rings is 1. The Kier molecular flexibility index (Phi) is 4.62. The molecule has 0 radical (unpaired) electrons. The molecule has 19 heavy (non-hydrogen) atoms. The molecular formula is C17H24O2. The first kappa shape index (κ1) is 14.1. The molecule has 0 saturated heterocycles. The van der Waals surface area contributed by atoms with Crippen molar-refractivity contribution in [2.45, 2.75) is 58.3 Å². The first-order valence-corrected chi connectivity index (χ1v) is 7.39. The Balaban J connectivity index is 2.27. The second-order valence-corrected chi connectivity index (χ2v) is 5.91. The standard InChI is InChI=1S/C17H24O2/c1-12-9-10-15(11-13(12)2)16(17(18)19)14-7-5-3-4-6-8-14/h9-11,14,16H,3-8H2,1-2H3,(H,18,19). The van der Waals surface area contributed by atoms with Crippen molar-refractivity contribution in [2.75, 3.05) is 0 Å². The van der Waals surface area contributed by atoms with Gasteiger partial charge in [0.05, 0.1) is 5.92 Å². The van der Waals surface area contributed by atoms with Crippen LogP contribution in [0.2, 0.25) is 0 Å². The van der Waals surface area contributed by atoms with Crippen molar-refractivity contribution in [2.24, 2.45) is 5.92 Å².